The second-order valence-corrected chi connectivity index (χ2v) is 6.49. The molecular weight excluding hydrogens is 252 g/mol. The number of alkyl halides is 1. The lowest BCUT2D eigenvalue weighted by molar-refractivity contribution is 0.279. The summed E-state index contributed by atoms with van der Waals surface area (Å²) in [4.78, 5) is 0. The number of hydrogen-bond acceptors (Lipinski definition) is 0. The molecule has 0 aromatic heterocycles. The van der Waals surface area contributed by atoms with Crippen molar-refractivity contribution in [3.63, 3.8) is 0 Å². The third kappa shape index (κ3) is 3.54. The number of aryl methyl sites for hydroxylation is 2. The van der Waals surface area contributed by atoms with Gasteiger partial charge in [0.1, 0.15) is 0 Å². The Hall–Kier alpha value is -0.490. The smallest absolute Gasteiger partial charge is 0.0283 e. The summed E-state index contributed by atoms with van der Waals surface area (Å²) in [5.74, 6) is 0.792. The summed E-state index contributed by atoms with van der Waals surface area (Å²) in [6.07, 6.45) is 10.1. The van der Waals surface area contributed by atoms with Gasteiger partial charge in [0.15, 0.2) is 0 Å². The van der Waals surface area contributed by atoms with Gasteiger partial charge in [-0.2, -0.15) is 0 Å². The van der Waals surface area contributed by atoms with E-state index in [0.29, 0.717) is 5.41 Å². The van der Waals surface area contributed by atoms with Gasteiger partial charge in [0.2, 0.25) is 0 Å². The predicted octanol–water partition coefficient (Wildman–Crippen LogP) is 5.54. The molecule has 1 atom stereocenters. The van der Waals surface area contributed by atoms with Gasteiger partial charge in [-0.3, -0.25) is 0 Å². The number of hydrogen-bond donors (Lipinski definition) is 0. The van der Waals surface area contributed by atoms with Crippen molar-refractivity contribution in [1.82, 2.24) is 0 Å². The van der Waals surface area contributed by atoms with Gasteiger partial charge in [-0.15, -0.1) is 11.6 Å². The van der Waals surface area contributed by atoms with Crippen LogP contribution in [0.2, 0.25) is 0 Å². The number of fused-ring (bicyclic) bond motifs is 1. The van der Waals surface area contributed by atoms with Gasteiger partial charge in [-0.25, -0.2) is 0 Å². The molecule has 0 fully saturated rings. The van der Waals surface area contributed by atoms with E-state index < -0.39 is 0 Å². The highest BCUT2D eigenvalue weighted by molar-refractivity contribution is 6.18. The molecule has 0 heterocycles. The Labute approximate surface area is 123 Å². The highest BCUT2D eigenvalue weighted by Crippen LogP contribution is 2.35. The van der Waals surface area contributed by atoms with E-state index >= 15 is 0 Å². The molecule has 19 heavy (non-hydrogen) atoms. The Bertz CT molecular complexity index is 404. The Morgan fingerprint density at radius 2 is 1.95 bits per heavy atom. The average Bonchev–Trinajstić information content (AvgIpc) is 2.91. The molecule has 0 amide bonds. The first-order valence-electron chi connectivity index (χ1n) is 7.89. The summed E-state index contributed by atoms with van der Waals surface area (Å²) < 4.78 is 0. The van der Waals surface area contributed by atoms with E-state index in [1.165, 1.54) is 50.5 Å². The quantitative estimate of drug-likeness (QED) is 0.574. The van der Waals surface area contributed by atoms with Gasteiger partial charge in [0.05, 0.1) is 0 Å². The van der Waals surface area contributed by atoms with Crippen LogP contribution in [0.15, 0.2) is 18.2 Å². The Balaban J connectivity index is 2.12. The highest BCUT2D eigenvalue weighted by atomic mass is 35.5. The zero-order valence-corrected chi connectivity index (χ0v) is 13.2. The molecule has 0 aliphatic heterocycles. The maximum Gasteiger partial charge on any atom is 0.0283 e. The van der Waals surface area contributed by atoms with Crippen molar-refractivity contribution in [1.29, 1.82) is 0 Å². The molecule has 0 nitrogen and oxygen atoms in total. The van der Waals surface area contributed by atoms with Crippen molar-refractivity contribution in [2.75, 3.05) is 5.88 Å². The maximum atomic E-state index is 6.33. The summed E-state index contributed by atoms with van der Waals surface area (Å²) in [6, 6.07) is 7.14. The van der Waals surface area contributed by atoms with Crippen molar-refractivity contribution in [3.8, 4) is 0 Å². The topological polar surface area (TPSA) is 0 Å². The van der Waals surface area contributed by atoms with Gasteiger partial charge >= 0.3 is 0 Å². The second kappa shape index (κ2) is 6.79. The van der Waals surface area contributed by atoms with Crippen molar-refractivity contribution < 1.29 is 0 Å². The number of rotatable bonds is 7. The van der Waals surface area contributed by atoms with Crippen LogP contribution in [-0.2, 0) is 19.3 Å². The fraction of sp³-hybridized carbons (Fsp3) is 0.667. The maximum absolute atomic E-state index is 6.33. The average molecular weight is 279 g/mol. The number of halogens is 1. The molecule has 106 valence electrons. The van der Waals surface area contributed by atoms with Gasteiger partial charge in [-0.1, -0.05) is 44.9 Å². The Morgan fingerprint density at radius 3 is 2.63 bits per heavy atom. The highest BCUT2D eigenvalue weighted by Gasteiger charge is 2.27. The first-order valence-corrected chi connectivity index (χ1v) is 8.43. The van der Waals surface area contributed by atoms with Crippen LogP contribution >= 0.6 is 11.6 Å². The van der Waals surface area contributed by atoms with Crippen LogP contribution in [-0.4, -0.2) is 5.88 Å². The Kier molecular flexibility index (Phi) is 5.33. The van der Waals surface area contributed by atoms with Crippen LogP contribution in [0.1, 0.15) is 62.6 Å². The molecule has 1 heteroatoms. The van der Waals surface area contributed by atoms with Crippen LogP contribution in [0.3, 0.4) is 0 Å². The van der Waals surface area contributed by atoms with Crippen molar-refractivity contribution in [3.05, 3.63) is 34.9 Å². The fourth-order valence-electron chi connectivity index (χ4n) is 3.32. The van der Waals surface area contributed by atoms with Crippen LogP contribution in [0, 0.1) is 5.41 Å². The first-order chi connectivity index (χ1) is 9.23. The Morgan fingerprint density at radius 1 is 1.16 bits per heavy atom. The van der Waals surface area contributed by atoms with E-state index in [9.17, 15) is 0 Å². The molecule has 1 aromatic carbocycles. The minimum atomic E-state index is 0.310. The third-order valence-electron chi connectivity index (χ3n) is 4.84. The molecule has 2 rings (SSSR count). The van der Waals surface area contributed by atoms with Gasteiger partial charge in [0, 0.05) is 5.88 Å². The summed E-state index contributed by atoms with van der Waals surface area (Å²) >= 11 is 6.33. The SMILES string of the molecule is CCCCC(CC)(CCl)Cc1ccc2c(c1)CCC2. The normalized spacial score (nSPS) is 17.2. The number of unbranched alkanes of at least 4 members (excludes halogenated alkanes) is 1. The molecule has 0 radical (unpaired) electrons. The monoisotopic (exact) mass is 278 g/mol. The molecular formula is C18H27Cl. The van der Waals surface area contributed by atoms with E-state index in [2.05, 4.69) is 32.0 Å². The molecule has 0 N–H and O–H groups in total. The molecule has 0 saturated heterocycles. The minimum absolute atomic E-state index is 0.310. The summed E-state index contributed by atoms with van der Waals surface area (Å²) in [6.45, 7) is 4.56. The molecule has 0 bridgehead atoms. The van der Waals surface area contributed by atoms with E-state index in [4.69, 9.17) is 11.6 Å². The van der Waals surface area contributed by atoms with Gasteiger partial charge in [-0.05, 0) is 60.6 Å². The van der Waals surface area contributed by atoms with Crippen LogP contribution < -0.4 is 0 Å². The van der Waals surface area contributed by atoms with Crippen molar-refractivity contribution in [2.45, 2.75) is 65.2 Å². The van der Waals surface area contributed by atoms with Crippen molar-refractivity contribution >= 4 is 11.6 Å². The molecule has 1 aliphatic rings. The molecule has 1 unspecified atom stereocenters. The molecule has 0 saturated carbocycles. The van der Waals surface area contributed by atoms with Crippen LogP contribution in [0.25, 0.3) is 0 Å². The lowest BCUT2D eigenvalue weighted by atomic mass is 9.76. The summed E-state index contributed by atoms with van der Waals surface area (Å²) in [7, 11) is 0. The summed E-state index contributed by atoms with van der Waals surface area (Å²) in [5, 5.41) is 0. The zero-order valence-electron chi connectivity index (χ0n) is 12.5. The van der Waals surface area contributed by atoms with E-state index in [1.54, 1.807) is 11.1 Å². The molecule has 1 aromatic rings. The van der Waals surface area contributed by atoms with E-state index in [-0.39, 0.29) is 0 Å². The number of benzene rings is 1. The fourth-order valence-corrected chi connectivity index (χ4v) is 3.74. The minimum Gasteiger partial charge on any atom is -0.126 e. The molecule has 1 aliphatic carbocycles. The van der Waals surface area contributed by atoms with Gasteiger partial charge < -0.3 is 0 Å². The second-order valence-electron chi connectivity index (χ2n) is 6.22. The van der Waals surface area contributed by atoms with Crippen LogP contribution in [0.5, 0.6) is 0 Å². The van der Waals surface area contributed by atoms with Crippen molar-refractivity contribution in [2.24, 2.45) is 5.41 Å². The lowest BCUT2D eigenvalue weighted by Gasteiger charge is -2.31. The standard InChI is InChI=1S/C18H27Cl/c1-3-5-11-18(4-2,14-19)13-15-9-10-16-7-6-8-17(16)12-15/h9-10,12H,3-8,11,13-14H2,1-2H3. The largest absolute Gasteiger partial charge is 0.126 e. The zero-order chi connectivity index (χ0) is 13.7. The van der Waals surface area contributed by atoms with Crippen LogP contribution in [0.4, 0.5) is 0 Å². The lowest BCUT2D eigenvalue weighted by Crippen LogP contribution is -2.25. The third-order valence-corrected chi connectivity index (χ3v) is 5.40. The summed E-state index contributed by atoms with van der Waals surface area (Å²) in [5.41, 5.74) is 4.97. The predicted molar refractivity (Wildman–Crippen MR) is 85.1 cm³/mol. The van der Waals surface area contributed by atoms with E-state index in [0.717, 1.165) is 12.3 Å². The van der Waals surface area contributed by atoms with E-state index in [1.807, 2.05) is 0 Å². The first kappa shape index (κ1) is 14.9. The van der Waals surface area contributed by atoms with Gasteiger partial charge in [0.25, 0.3) is 0 Å². The molecule has 0 spiro atoms.